The summed E-state index contributed by atoms with van der Waals surface area (Å²) in [6, 6.07) is 20.1. The van der Waals surface area contributed by atoms with Gasteiger partial charge in [0.05, 0.1) is 0 Å². The van der Waals surface area contributed by atoms with Gasteiger partial charge in [-0.2, -0.15) is 0 Å². The summed E-state index contributed by atoms with van der Waals surface area (Å²) in [4.78, 5) is 32.6. The number of para-hydroxylation sites is 1. The predicted molar refractivity (Wildman–Crippen MR) is 118 cm³/mol. The summed E-state index contributed by atoms with van der Waals surface area (Å²) in [7, 11) is 5.61. The maximum Gasteiger partial charge on any atom is 0.344 e. The zero-order valence-corrected chi connectivity index (χ0v) is 17.8. The third-order valence-corrected chi connectivity index (χ3v) is 4.57. The molecule has 1 aromatic heterocycles. The van der Waals surface area contributed by atoms with Crippen LogP contribution in [0.4, 0.5) is 5.69 Å². The van der Waals surface area contributed by atoms with Crippen LogP contribution in [0.3, 0.4) is 0 Å². The highest BCUT2D eigenvalue weighted by Gasteiger charge is 2.18. The number of pyridine rings is 1. The summed E-state index contributed by atoms with van der Waals surface area (Å²) in [5, 5.41) is 0. The van der Waals surface area contributed by atoms with Crippen molar-refractivity contribution in [2.45, 2.75) is 6.54 Å². The van der Waals surface area contributed by atoms with Crippen LogP contribution in [0.15, 0.2) is 72.9 Å². The van der Waals surface area contributed by atoms with Crippen molar-refractivity contribution in [3.05, 3.63) is 84.1 Å². The van der Waals surface area contributed by atoms with Gasteiger partial charge >= 0.3 is 5.97 Å². The number of anilines is 1. The SMILES string of the molecule is CN(Cc1ccc(N(C)C)cc1)C(=O)COC(=O)c1cccnc1Oc1ccccc1. The third kappa shape index (κ3) is 6.05. The number of amides is 1. The Kier molecular flexibility index (Phi) is 7.22. The number of ether oxygens (including phenoxy) is 2. The number of nitrogens with zero attached hydrogens (tertiary/aromatic N) is 3. The summed E-state index contributed by atoms with van der Waals surface area (Å²) in [6.07, 6.45) is 1.52. The van der Waals surface area contributed by atoms with E-state index in [0.29, 0.717) is 12.3 Å². The molecule has 0 aliphatic heterocycles. The largest absolute Gasteiger partial charge is 0.452 e. The molecule has 7 heteroatoms. The molecule has 0 saturated carbocycles. The lowest BCUT2D eigenvalue weighted by Gasteiger charge is -2.18. The normalized spacial score (nSPS) is 10.3. The minimum Gasteiger partial charge on any atom is -0.452 e. The maximum absolute atomic E-state index is 12.5. The van der Waals surface area contributed by atoms with Gasteiger partial charge in [0, 0.05) is 39.6 Å². The first-order chi connectivity index (χ1) is 14.9. The predicted octanol–water partition coefficient (Wildman–Crippen LogP) is 3.76. The lowest BCUT2D eigenvalue weighted by atomic mass is 10.2. The molecule has 0 unspecified atom stereocenters. The van der Waals surface area contributed by atoms with Crippen molar-refractivity contribution in [2.24, 2.45) is 0 Å². The second-order valence-electron chi connectivity index (χ2n) is 7.16. The van der Waals surface area contributed by atoms with Crippen molar-refractivity contribution in [1.82, 2.24) is 9.88 Å². The smallest absolute Gasteiger partial charge is 0.344 e. The van der Waals surface area contributed by atoms with Gasteiger partial charge in [0.2, 0.25) is 5.88 Å². The van der Waals surface area contributed by atoms with Crippen molar-refractivity contribution in [2.75, 3.05) is 32.6 Å². The van der Waals surface area contributed by atoms with E-state index in [9.17, 15) is 9.59 Å². The van der Waals surface area contributed by atoms with Crippen molar-refractivity contribution in [1.29, 1.82) is 0 Å². The Morgan fingerprint density at radius 2 is 1.61 bits per heavy atom. The molecule has 3 aromatic rings. The van der Waals surface area contributed by atoms with Gasteiger partial charge in [0.25, 0.3) is 5.91 Å². The standard InChI is InChI=1S/C24H25N3O4/c1-26(2)19-13-11-18(12-14-19)16-27(3)22(28)17-30-24(29)21-10-7-15-25-23(21)31-20-8-5-4-6-9-20/h4-15H,16-17H2,1-3H3. The van der Waals surface area contributed by atoms with Crippen LogP contribution in [-0.4, -0.2) is 49.5 Å². The Bertz CT molecular complexity index is 1020. The molecule has 1 heterocycles. The molecular formula is C24H25N3O4. The van der Waals surface area contributed by atoms with Crippen molar-refractivity contribution in [3.8, 4) is 11.6 Å². The molecule has 0 bridgehead atoms. The lowest BCUT2D eigenvalue weighted by molar-refractivity contribution is -0.133. The number of likely N-dealkylation sites (N-methyl/N-ethyl adjacent to an activating group) is 1. The molecule has 0 saturated heterocycles. The van der Waals surface area contributed by atoms with E-state index in [1.54, 1.807) is 31.3 Å². The second kappa shape index (κ2) is 10.2. The Labute approximate surface area is 181 Å². The molecule has 0 radical (unpaired) electrons. The molecule has 0 aliphatic rings. The monoisotopic (exact) mass is 419 g/mol. The summed E-state index contributed by atoms with van der Waals surface area (Å²) in [6.45, 7) is 0.0458. The van der Waals surface area contributed by atoms with E-state index in [1.807, 2.05) is 61.5 Å². The van der Waals surface area contributed by atoms with Crippen LogP contribution < -0.4 is 9.64 Å². The molecule has 1 amide bonds. The summed E-state index contributed by atoms with van der Waals surface area (Å²) >= 11 is 0. The molecule has 160 valence electrons. The molecular weight excluding hydrogens is 394 g/mol. The van der Waals surface area contributed by atoms with Gasteiger partial charge in [0.1, 0.15) is 11.3 Å². The fourth-order valence-corrected chi connectivity index (χ4v) is 2.80. The van der Waals surface area contributed by atoms with Crippen molar-refractivity contribution in [3.63, 3.8) is 0 Å². The summed E-state index contributed by atoms with van der Waals surface area (Å²) in [5.74, 6) is -0.303. The molecule has 3 rings (SSSR count). The Morgan fingerprint density at radius 1 is 0.903 bits per heavy atom. The summed E-state index contributed by atoms with van der Waals surface area (Å²) in [5.41, 5.74) is 2.22. The molecule has 7 nitrogen and oxygen atoms in total. The maximum atomic E-state index is 12.5. The number of hydrogen-bond acceptors (Lipinski definition) is 6. The van der Waals surface area contributed by atoms with E-state index in [0.717, 1.165) is 11.3 Å². The molecule has 0 fully saturated rings. The van der Waals surface area contributed by atoms with Crippen LogP contribution in [0.2, 0.25) is 0 Å². The third-order valence-electron chi connectivity index (χ3n) is 4.57. The first kappa shape index (κ1) is 21.8. The number of carbonyl (C=O) groups is 2. The zero-order valence-electron chi connectivity index (χ0n) is 17.8. The van der Waals surface area contributed by atoms with Crippen LogP contribution >= 0.6 is 0 Å². The van der Waals surface area contributed by atoms with E-state index in [2.05, 4.69) is 4.98 Å². The quantitative estimate of drug-likeness (QED) is 0.518. The number of esters is 1. The van der Waals surface area contributed by atoms with E-state index < -0.39 is 5.97 Å². The van der Waals surface area contributed by atoms with Crippen LogP contribution in [0.5, 0.6) is 11.6 Å². The average Bonchev–Trinajstić information content (AvgIpc) is 2.78. The number of aromatic nitrogens is 1. The average molecular weight is 419 g/mol. The van der Waals surface area contributed by atoms with Gasteiger partial charge in [0.15, 0.2) is 6.61 Å². The van der Waals surface area contributed by atoms with E-state index in [4.69, 9.17) is 9.47 Å². The van der Waals surface area contributed by atoms with Crippen LogP contribution in [0.1, 0.15) is 15.9 Å². The van der Waals surface area contributed by atoms with Gasteiger partial charge in [-0.3, -0.25) is 4.79 Å². The van der Waals surface area contributed by atoms with E-state index in [1.165, 1.54) is 11.1 Å². The van der Waals surface area contributed by atoms with Crippen molar-refractivity contribution < 1.29 is 19.1 Å². The van der Waals surface area contributed by atoms with Crippen molar-refractivity contribution >= 4 is 17.6 Å². The van der Waals surface area contributed by atoms with Crippen LogP contribution in [-0.2, 0) is 16.1 Å². The Balaban J connectivity index is 1.57. The Morgan fingerprint density at radius 3 is 2.29 bits per heavy atom. The zero-order chi connectivity index (χ0) is 22.2. The van der Waals surface area contributed by atoms with Gasteiger partial charge in [-0.05, 0) is 42.0 Å². The highest BCUT2D eigenvalue weighted by Crippen LogP contribution is 2.23. The molecule has 2 aromatic carbocycles. The van der Waals surface area contributed by atoms with Crippen LogP contribution in [0, 0.1) is 0 Å². The number of benzene rings is 2. The highest BCUT2D eigenvalue weighted by atomic mass is 16.5. The lowest BCUT2D eigenvalue weighted by Crippen LogP contribution is -2.30. The fraction of sp³-hybridized carbons (Fsp3) is 0.208. The van der Waals surface area contributed by atoms with Gasteiger partial charge < -0.3 is 19.3 Å². The summed E-state index contributed by atoms with van der Waals surface area (Å²) < 4.78 is 10.9. The molecule has 0 spiro atoms. The van der Waals surface area contributed by atoms with Crippen LogP contribution in [0.25, 0.3) is 0 Å². The van der Waals surface area contributed by atoms with Gasteiger partial charge in [-0.15, -0.1) is 0 Å². The van der Waals surface area contributed by atoms with Gasteiger partial charge in [-0.1, -0.05) is 30.3 Å². The fourth-order valence-electron chi connectivity index (χ4n) is 2.80. The molecule has 0 atom stereocenters. The van der Waals surface area contributed by atoms with E-state index >= 15 is 0 Å². The number of hydrogen-bond donors (Lipinski definition) is 0. The van der Waals surface area contributed by atoms with Gasteiger partial charge in [-0.25, -0.2) is 9.78 Å². The first-order valence-electron chi connectivity index (χ1n) is 9.79. The highest BCUT2D eigenvalue weighted by molar-refractivity contribution is 5.93. The van der Waals surface area contributed by atoms with E-state index in [-0.39, 0.29) is 24.0 Å². The molecule has 0 N–H and O–H groups in total. The topological polar surface area (TPSA) is 72.0 Å². The molecule has 31 heavy (non-hydrogen) atoms. The molecule has 0 aliphatic carbocycles. The second-order valence-corrected chi connectivity index (χ2v) is 7.16. The Hall–Kier alpha value is -3.87. The number of carbonyl (C=O) groups excluding carboxylic acids is 2. The minimum atomic E-state index is -0.670. The minimum absolute atomic E-state index is 0.125. The number of rotatable bonds is 8. The first-order valence-corrected chi connectivity index (χ1v) is 9.79.